The van der Waals surface area contributed by atoms with Gasteiger partial charge in [-0.25, -0.2) is 4.98 Å². The number of anilines is 1. The lowest BCUT2D eigenvalue weighted by Crippen LogP contribution is -2.01. The maximum atomic E-state index is 5.80. The molecule has 0 spiro atoms. The van der Waals surface area contributed by atoms with E-state index in [2.05, 4.69) is 17.2 Å². The maximum Gasteiger partial charge on any atom is 0.129 e. The molecule has 2 rings (SSSR count). The van der Waals surface area contributed by atoms with Crippen molar-refractivity contribution < 1.29 is 4.42 Å². The van der Waals surface area contributed by atoms with Gasteiger partial charge in [-0.05, 0) is 31.2 Å². The van der Waals surface area contributed by atoms with Crippen molar-refractivity contribution >= 4 is 17.3 Å². The summed E-state index contributed by atoms with van der Waals surface area (Å²) in [5.41, 5.74) is 1.86. The van der Waals surface area contributed by atoms with Crippen LogP contribution in [-0.2, 0) is 13.0 Å². The summed E-state index contributed by atoms with van der Waals surface area (Å²) >= 11 is 5.80. The average Bonchev–Trinajstić information content (AvgIpc) is 2.76. The van der Waals surface area contributed by atoms with Gasteiger partial charge in [0, 0.05) is 6.42 Å². The molecule has 2 heterocycles. The predicted octanol–water partition coefficient (Wildman–Crippen LogP) is 3.81. The zero-order valence-electron chi connectivity index (χ0n) is 9.96. The Bertz CT molecular complexity index is 508. The number of nitrogens with one attached hydrogen (secondary N) is 1. The molecule has 0 aliphatic heterocycles. The number of rotatable bonds is 4. The molecule has 0 amide bonds. The van der Waals surface area contributed by atoms with Crippen molar-refractivity contribution in [1.82, 2.24) is 4.98 Å². The third kappa shape index (κ3) is 3.01. The molecule has 1 N–H and O–H groups in total. The van der Waals surface area contributed by atoms with Crippen molar-refractivity contribution in [1.29, 1.82) is 0 Å². The number of aryl methyl sites for hydroxylation is 2. The second-order valence-corrected chi connectivity index (χ2v) is 4.23. The SMILES string of the molecule is CCc1ccc(CNc2ccc(Cl)nc2C)o1. The fourth-order valence-electron chi connectivity index (χ4n) is 1.61. The van der Waals surface area contributed by atoms with E-state index in [1.807, 2.05) is 25.1 Å². The molecule has 2 aromatic heterocycles. The van der Waals surface area contributed by atoms with E-state index in [4.69, 9.17) is 16.0 Å². The fourth-order valence-corrected chi connectivity index (χ4v) is 1.80. The maximum absolute atomic E-state index is 5.80. The van der Waals surface area contributed by atoms with Gasteiger partial charge in [0.1, 0.15) is 16.7 Å². The summed E-state index contributed by atoms with van der Waals surface area (Å²) in [6.07, 6.45) is 0.918. The van der Waals surface area contributed by atoms with E-state index in [1.54, 1.807) is 6.07 Å². The number of halogens is 1. The Kier molecular flexibility index (Phi) is 3.69. The molecule has 0 aliphatic rings. The van der Waals surface area contributed by atoms with Crippen LogP contribution in [0.15, 0.2) is 28.7 Å². The Hall–Kier alpha value is -1.48. The van der Waals surface area contributed by atoms with Crippen molar-refractivity contribution in [2.24, 2.45) is 0 Å². The molecular weight excluding hydrogens is 236 g/mol. The van der Waals surface area contributed by atoms with Crippen molar-refractivity contribution in [2.45, 2.75) is 26.8 Å². The Balaban J connectivity index is 2.02. The molecule has 0 saturated carbocycles. The highest BCUT2D eigenvalue weighted by atomic mass is 35.5. The van der Waals surface area contributed by atoms with Crippen LogP contribution >= 0.6 is 11.6 Å². The monoisotopic (exact) mass is 250 g/mol. The molecule has 2 aromatic rings. The molecule has 0 bridgehead atoms. The summed E-state index contributed by atoms with van der Waals surface area (Å²) in [4.78, 5) is 4.18. The van der Waals surface area contributed by atoms with Crippen LogP contribution in [0.4, 0.5) is 5.69 Å². The van der Waals surface area contributed by atoms with E-state index in [0.29, 0.717) is 11.7 Å². The quantitative estimate of drug-likeness (QED) is 0.839. The molecule has 4 heteroatoms. The van der Waals surface area contributed by atoms with E-state index < -0.39 is 0 Å². The molecule has 0 atom stereocenters. The number of furan rings is 1. The average molecular weight is 251 g/mol. The zero-order valence-corrected chi connectivity index (χ0v) is 10.7. The van der Waals surface area contributed by atoms with Gasteiger partial charge in [0.15, 0.2) is 0 Å². The second kappa shape index (κ2) is 5.23. The van der Waals surface area contributed by atoms with E-state index >= 15 is 0 Å². The summed E-state index contributed by atoms with van der Waals surface area (Å²) in [7, 11) is 0. The van der Waals surface area contributed by atoms with Crippen molar-refractivity contribution in [3.05, 3.63) is 46.6 Å². The standard InChI is InChI=1S/C13H15ClN2O/c1-3-10-4-5-11(17-10)8-15-12-6-7-13(14)16-9(12)2/h4-7,15H,3,8H2,1-2H3. The van der Waals surface area contributed by atoms with Crippen LogP contribution in [0.2, 0.25) is 5.15 Å². The Morgan fingerprint density at radius 1 is 1.24 bits per heavy atom. The first-order valence-electron chi connectivity index (χ1n) is 5.63. The van der Waals surface area contributed by atoms with E-state index in [9.17, 15) is 0 Å². The number of hydrogen-bond donors (Lipinski definition) is 1. The first-order chi connectivity index (χ1) is 8.19. The van der Waals surface area contributed by atoms with Crippen LogP contribution in [0.1, 0.15) is 24.1 Å². The Morgan fingerprint density at radius 3 is 2.65 bits per heavy atom. The van der Waals surface area contributed by atoms with Gasteiger partial charge in [-0.3, -0.25) is 0 Å². The van der Waals surface area contributed by atoms with Crippen molar-refractivity contribution in [3.63, 3.8) is 0 Å². The highest BCUT2D eigenvalue weighted by molar-refractivity contribution is 6.29. The lowest BCUT2D eigenvalue weighted by atomic mass is 10.3. The van der Waals surface area contributed by atoms with Crippen LogP contribution in [0, 0.1) is 6.92 Å². The first-order valence-corrected chi connectivity index (χ1v) is 6.01. The topological polar surface area (TPSA) is 38.1 Å². The molecule has 0 fully saturated rings. The van der Waals surface area contributed by atoms with Crippen molar-refractivity contribution in [2.75, 3.05) is 5.32 Å². The minimum Gasteiger partial charge on any atom is -0.464 e. The number of aromatic nitrogens is 1. The largest absolute Gasteiger partial charge is 0.464 e. The third-order valence-electron chi connectivity index (χ3n) is 2.57. The molecular formula is C13H15ClN2O. The summed E-state index contributed by atoms with van der Waals surface area (Å²) < 4.78 is 5.61. The van der Waals surface area contributed by atoms with E-state index in [0.717, 1.165) is 29.3 Å². The highest BCUT2D eigenvalue weighted by Crippen LogP contribution is 2.17. The van der Waals surface area contributed by atoms with Gasteiger partial charge in [-0.1, -0.05) is 18.5 Å². The molecule has 0 unspecified atom stereocenters. The number of nitrogens with zero attached hydrogens (tertiary/aromatic N) is 1. The zero-order chi connectivity index (χ0) is 12.3. The highest BCUT2D eigenvalue weighted by Gasteiger charge is 2.03. The number of hydrogen-bond acceptors (Lipinski definition) is 3. The summed E-state index contributed by atoms with van der Waals surface area (Å²) in [5.74, 6) is 1.93. The molecule has 0 aliphatic carbocycles. The molecule has 17 heavy (non-hydrogen) atoms. The molecule has 0 saturated heterocycles. The van der Waals surface area contributed by atoms with Crippen LogP contribution in [0.3, 0.4) is 0 Å². The summed E-state index contributed by atoms with van der Waals surface area (Å²) in [5, 5.41) is 3.79. The molecule has 90 valence electrons. The van der Waals surface area contributed by atoms with Gasteiger partial charge >= 0.3 is 0 Å². The Morgan fingerprint density at radius 2 is 2.00 bits per heavy atom. The first kappa shape index (κ1) is 12.0. The smallest absolute Gasteiger partial charge is 0.129 e. The van der Waals surface area contributed by atoms with E-state index in [-0.39, 0.29) is 0 Å². The lowest BCUT2D eigenvalue weighted by molar-refractivity contribution is 0.476. The lowest BCUT2D eigenvalue weighted by Gasteiger charge is -2.07. The van der Waals surface area contributed by atoms with Crippen LogP contribution in [0.5, 0.6) is 0 Å². The van der Waals surface area contributed by atoms with Crippen LogP contribution in [0.25, 0.3) is 0 Å². The minimum absolute atomic E-state index is 0.513. The van der Waals surface area contributed by atoms with Gasteiger partial charge in [0.2, 0.25) is 0 Å². The summed E-state index contributed by atoms with van der Waals surface area (Å²) in [6.45, 7) is 4.65. The van der Waals surface area contributed by atoms with Gasteiger partial charge in [-0.15, -0.1) is 0 Å². The fraction of sp³-hybridized carbons (Fsp3) is 0.308. The third-order valence-corrected chi connectivity index (χ3v) is 2.78. The van der Waals surface area contributed by atoms with Crippen LogP contribution in [-0.4, -0.2) is 4.98 Å². The Labute approximate surface area is 106 Å². The molecule has 0 radical (unpaired) electrons. The number of pyridine rings is 1. The predicted molar refractivity (Wildman–Crippen MR) is 69.4 cm³/mol. The molecule has 3 nitrogen and oxygen atoms in total. The van der Waals surface area contributed by atoms with E-state index in [1.165, 1.54) is 0 Å². The van der Waals surface area contributed by atoms with Gasteiger partial charge < -0.3 is 9.73 Å². The van der Waals surface area contributed by atoms with Crippen LogP contribution < -0.4 is 5.32 Å². The van der Waals surface area contributed by atoms with Gasteiger partial charge in [0.05, 0.1) is 17.9 Å². The second-order valence-electron chi connectivity index (χ2n) is 3.84. The van der Waals surface area contributed by atoms with Gasteiger partial charge in [0.25, 0.3) is 0 Å². The molecule has 0 aromatic carbocycles. The van der Waals surface area contributed by atoms with Gasteiger partial charge in [-0.2, -0.15) is 0 Å². The minimum atomic E-state index is 0.513. The van der Waals surface area contributed by atoms with Crippen molar-refractivity contribution in [3.8, 4) is 0 Å². The summed E-state index contributed by atoms with van der Waals surface area (Å²) in [6, 6.07) is 7.69. The normalized spacial score (nSPS) is 10.5.